The molecule has 0 aromatic carbocycles. The molecular weight excluding hydrogens is 276 g/mol. The second-order valence-electron chi connectivity index (χ2n) is 7.04. The highest BCUT2D eigenvalue weighted by atomic mass is 16.5. The van der Waals surface area contributed by atoms with E-state index in [1.54, 1.807) is 14.2 Å². The van der Waals surface area contributed by atoms with Crippen molar-refractivity contribution in [1.82, 2.24) is 0 Å². The summed E-state index contributed by atoms with van der Waals surface area (Å²) in [6.07, 6.45) is 14.2. The number of fused-ring (bicyclic) bond motifs is 5. The van der Waals surface area contributed by atoms with Crippen LogP contribution in [0, 0.1) is 29.6 Å². The molecule has 0 aliphatic heterocycles. The van der Waals surface area contributed by atoms with Crippen LogP contribution in [0.15, 0.2) is 36.0 Å². The predicted octanol–water partition coefficient (Wildman–Crippen LogP) is 2.93. The lowest BCUT2D eigenvalue weighted by Gasteiger charge is -2.49. The van der Waals surface area contributed by atoms with Gasteiger partial charge in [-0.05, 0) is 36.2 Å². The van der Waals surface area contributed by atoms with Crippen LogP contribution in [-0.2, 0) is 14.3 Å². The number of methoxy groups -OCH3 is 2. The summed E-state index contributed by atoms with van der Waals surface area (Å²) in [5, 5.41) is 0. The van der Waals surface area contributed by atoms with Gasteiger partial charge in [-0.2, -0.15) is 0 Å². The van der Waals surface area contributed by atoms with Crippen LogP contribution in [0.25, 0.3) is 0 Å². The maximum Gasteiger partial charge on any atom is 0.159 e. The van der Waals surface area contributed by atoms with E-state index in [4.69, 9.17) is 9.47 Å². The van der Waals surface area contributed by atoms with Crippen molar-refractivity contribution in [1.29, 1.82) is 0 Å². The summed E-state index contributed by atoms with van der Waals surface area (Å²) in [5.74, 6) is 2.36. The van der Waals surface area contributed by atoms with Crippen LogP contribution in [0.3, 0.4) is 0 Å². The van der Waals surface area contributed by atoms with Crippen molar-refractivity contribution < 1.29 is 14.3 Å². The fourth-order valence-electron chi connectivity index (χ4n) is 5.29. The Morgan fingerprint density at radius 3 is 2.50 bits per heavy atom. The molecule has 4 rings (SSSR count). The van der Waals surface area contributed by atoms with Gasteiger partial charge in [0.1, 0.15) is 0 Å². The van der Waals surface area contributed by atoms with Gasteiger partial charge in [-0.15, -0.1) is 0 Å². The minimum absolute atomic E-state index is 0.0913. The Balaban J connectivity index is 1.73. The first-order valence-electron chi connectivity index (χ1n) is 8.40. The van der Waals surface area contributed by atoms with Crippen LogP contribution in [0.4, 0.5) is 0 Å². The van der Waals surface area contributed by atoms with Gasteiger partial charge < -0.3 is 9.47 Å². The van der Waals surface area contributed by atoms with Gasteiger partial charge in [0.2, 0.25) is 0 Å². The van der Waals surface area contributed by atoms with Crippen LogP contribution < -0.4 is 0 Å². The molecule has 4 aliphatic rings. The van der Waals surface area contributed by atoms with Crippen LogP contribution in [0.2, 0.25) is 0 Å². The van der Waals surface area contributed by atoms with Crippen LogP contribution in [0.5, 0.6) is 0 Å². The van der Waals surface area contributed by atoms with Gasteiger partial charge in [0.15, 0.2) is 5.78 Å². The van der Waals surface area contributed by atoms with Gasteiger partial charge in [0.05, 0.1) is 12.2 Å². The maximum atomic E-state index is 12.6. The highest BCUT2D eigenvalue weighted by Gasteiger charge is 2.51. The number of ether oxygens (including phenoxy) is 2. The van der Waals surface area contributed by atoms with Gasteiger partial charge in [0.25, 0.3) is 0 Å². The van der Waals surface area contributed by atoms with Crippen molar-refractivity contribution in [3.05, 3.63) is 36.0 Å². The molecule has 7 atom stereocenters. The third kappa shape index (κ3) is 1.99. The molecule has 0 saturated heterocycles. The average molecular weight is 300 g/mol. The van der Waals surface area contributed by atoms with Crippen molar-refractivity contribution in [2.75, 3.05) is 14.2 Å². The molecule has 1 saturated carbocycles. The first kappa shape index (κ1) is 14.4. The second kappa shape index (κ2) is 5.47. The molecule has 3 heteroatoms. The molecule has 0 amide bonds. The number of rotatable bonds is 2. The SMILES string of the molecule is CO[C@H]1C=C[C@@H](OC)[C@@H]2[C@H]1C=C[C@@H]1[C@H]2CC(=O)C2=CCC[C@@H]21. The van der Waals surface area contributed by atoms with Crippen molar-refractivity contribution >= 4 is 5.78 Å². The molecule has 0 bridgehead atoms. The Bertz CT molecular complexity index is 559. The molecule has 1 fully saturated rings. The van der Waals surface area contributed by atoms with Crippen LogP contribution in [-0.4, -0.2) is 32.2 Å². The largest absolute Gasteiger partial charge is 0.377 e. The van der Waals surface area contributed by atoms with E-state index in [9.17, 15) is 4.79 Å². The number of carbonyl (C=O) groups excluding carboxylic acids is 1. The van der Waals surface area contributed by atoms with E-state index < -0.39 is 0 Å². The molecule has 22 heavy (non-hydrogen) atoms. The maximum absolute atomic E-state index is 12.6. The number of carbonyl (C=O) groups is 1. The van der Waals surface area contributed by atoms with E-state index in [-0.39, 0.29) is 12.2 Å². The topological polar surface area (TPSA) is 35.5 Å². The van der Waals surface area contributed by atoms with E-state index in [1.807, 2.05) is 0 Å². The van der Waals surface area contributed by atoms with Crippen molar-refractivity contribution in [2.45, 2.75) is 31.5 Å². The Labute approximate surface area is 132 Å². The standard InChI is InChI=1S/C19H24O3/c1-21-17-8-9-18(22-2)19-14(17)7-6-12-11-4-3-5-13(11)16(20)10-15(12)19/h5-9,11-12,14-15,17-19H,3-4,10H2,1-2H3/t11-,12+,14+,15-,17+,18-,19-/m1/s1. The summed E-state index contributed by atoms with van der Waals surface area (Å²) in [5.41, 5.74) is 1.10. The number of Topliss-reactive ketones (excluding diaryl/α,β-unsaturated/α-hetero) is 1. The van der Waals surface area contributed by atoms with Crippen LogP contribution in [0.1, 0.15) is 19.3 Å². The summed E-state index contributed by atoms with van der Waals surface area (Å²) in [4.78, 5) is 12.6. The molecular formula is C19H24O3. The van der Waals surface area contributed by atoms with Gasteiger partial charge >= 0.3 is 0 Å². The van der Waals surface area contributed by atoms with Crippen LogP contribution >= 0.6 is 0 Å². The normalized spacial score (nSPS) is 46.0. The molecule has 0 aromatic rings. The van der Waals surface area contributed by atoms with Crippen molar-refractivity contribution in [3.63, 3.8) is 0 Å². The molecule has 4 aliphatic carbocycles. The van der Waals surface area contributed by atoms with Gasteiger partial charge in [0, 0.05) is 32.5 Å². The Kier molecular flexibility index (Phi) is 3.58. The Hall–Kier alpha value is -1.19. The van der Waals surface area contributed by atoms with E-state index in [0.29, 0.717) is 41.8 Å². The lowest BCUT2D eigenvalue weighted by molar-refractivity contribution is -0.122. The molecule has 3 nitrogen and oxygen atoms in total. The molecule has 0 aromatic heterocycles. The molecule has 0 spiro atoms. The number of ketones is 1. The zero-order valence-electron chi connectivity index (χ0n) is 13.3. The van der Waals surface area contributed by atoms with Crippen molar-refractivity contribution in [2.24, 2.45) is 29.6 Å². The average Bonchev–Trinajstić information content (AvgIpc) is 3.04. The minimum atomic E-state index is 0.0913. The number of hydrogen-bond acceptors (Lipinski definition) is 3. The fourth-order valence-corrected chi connectivity index (χ4v) is 5.29. The van der Waals surface area contributed by atoms with E-state index >= 15 is 0 Å². The quantitative estimate of drug-likeness (QED) is 0.736. The number of allylic oxidation sites excluding steroid dienone is 3. The minimum Gasteiger partial charge on any atom is -0.377 e. The van der Waals surface area contributed by atoms with Gasteiger partial charge in [-0.25, -0.2) is 0 Å². The third-order valence-electron chi connectivity index (χ3n) is 6.23. The van der Waals surface area contributed by atoms with Gasteiger partial charge in [-0.3, -0.25) is 4.79 Å². The predicted molar refractivity (Wildman–Crippen MR) is 84.3 cm³/mol. The Morgan fingerprint density at radius 2 is 1.73 bits per heavy atom. The van der Waals surface area contributed by atoms with Crippen molar-refractivity contribution in [3.8, 4) is 0 Å². The third-order valence-corrected chi connectivity index (χ3v) is 6.23. The summed E-state index contributed by atoms with van der Waals surface area (Å²) < 4.78 is 11.4. The van der Waals surface area contributed by atoms with E-state index in [0.717, 1.165) is 18.4 Å². The summed E-state index contributed by atoms with van der Waals surface area (Å²) in [6.45, 7) is 0. The second-order valence-corrected chi connectivity index (χ2v) is 7.04. The molecule has 0 radical (unpaired) electrons. The fraction of sp³-hybridized carbons (Fsp3) is 0.632. The summed E-state index contributed by atoms with van der Waals surface area (Å²) in [6, 6.07) is 0. The highest BCUT2D eigenvalue weighted by molar-refractivity contribution is 5.97. The molecule has 0 heterocycles. The Morgan fingerprint density at radius 1 is 1.00 bits per heavy atom. The molecule has 0 N–H and O–H groups in total. The molecule has 118 valence electrons. The van der Waals surface area contributed by atoms with Gasteiger partial charge in [-0.1, -0.05) is 30.4 Å². The summed E-state index contributed by atoms with van der Waals surface area (Å²) in [7, 11) is 3.54. The lowest BCUT2D eigenvalue weighted by atomic mass is 9.57. The van der Waals surface area contributed by atoms with E-state index in [2.05, 4.69) is 30.4 Å². The lowest BCUT2D eigenvalue weighted by Crippen LogP contribution is -2.50. The zero-order valence-corrected chi connectivity index (χ0v) is 13.3. The summed E-state index contributed by atoms with van der Waals surface area (Å²) >= 11 is 0. The highest BCUT2D eigenvalue weighted by Crippen LogP contribution is 2.52. The zero-order chi connectivity index (χ0) is 15.3. The van der Waals surface area contributed by atoms with E-state index in [1.165, 1.54) is 0 Å². The smallest absolute Gasteiger partial charge is 0.159 e. The monoisotopic (exact) mass is 300 g/mol. The first-order valence-corrected chi connectivity index (χ1v) is 8.40. The molecule has 0 unspecified atom stereocenters. The first-order chi connectivity index (χ1) is 10.7. The number of hydrogen-bond donors (Lipinski definition) is 0.